The third-order valence-electron chi connectivity index (χ3n) is 2.63. The molecule has 2 aromatic rings. The molecule has 0 amide bonds. The van der Waals surface area contributed by atoms with Gasteiger partial charge in [-0.3, -0.25) is 0 Å². The van der Waals surface area contributed by atoms with Crippen molar-refractivity contribution >= 4 is 5.97 Å². The number of esters is 1. The SMILES string of the molecule is CCOC(=O)c1n[nH]nc1-c1cc(C(F)(F)F)c(F)cc1F. The van der Waals surface area contributed by atoms with Crippen LogP contribution in [0.1, 0.15) is 23.0 Å². The molecule has 1 N–H and O–H groups in total. The van der Waals surface area contributed by atoms with Crippen molar-refractivity contribution in [1.29, 1.82) is 0 Å². The molecular formula is C12H8F5N3O2. The number of carbonyl (C=O) groups excluding carboxylic acids is 1. The molecule has 118 valence electrons. The van der Waals surface area contributed by atoms with Crippen molar-refractivity contribution < 1.29 is 31.5 Å². The lowest BCUT2D eigenvalue weighted by Crippen LogP contribution is -2.11. The zero-order chi connectivity index (χ0) is 16.5. The molecular weight excluding hydrogens is 313 g/mol. The molecule has 0 radical (unpaired) electrons. The van der Waals surface area contributed by atoms with Crippen LogP contribution in [0, 0.1) is 11.6 Å². The van der Waals surface area contributed by atoms with E-state index in [4.69, 9.17) is 0 Å². The van der Waals surface area contributed by atoms with Crippen LogP contribution < -0.4 is 0 Å². The van der Waals surface area contributed by atoms with E-state index >= 15 is 0 Å². The van der Waals surface area contributed by atoms with Crippen molar-refractivity contribution in [1.82, 2.24) is 15.4 Å². The van der Waals surface area contributed by atoms with Gasteiger partial charge in [0.15, 0.2) is 5.69 Å². The first kappa shape index (κ1) is 15.9. The third-order valence-corrected chi connectivity index (χ3v) is 2.63. The highest BCUT2D eigenvalue weighted by atomic mass is 19.4. The fourth-order valence-corrected chi connectivity index (χ4v) is 1.71. The van der Waals surface area contributed by atoms with Crippen molar-refractivity contribution in [2.75, 3.05) is 6.61 Å². The van der Waals surface area contributed by atoms with Gasteiger partial charge in [-0.25, -0.2) is 13.6 Å². The Labute approximate surface area is 120 Å². The van der Waals surface area contributed by atoms with Crippen LogP contribution in [0.2, 0.25) is 0 Å². The molecule has 0 unspecified atom stereocenters. The molecule has 0 bridgehead atoms. The van der Waals surface area contributed by atoms with Gasteiger partial charge in [0.25, 0.3) is 0 Å². The lowest BCUT2D eigenvalue weighted by Gasteiger charge is -2.10. The second-order valence-electron chi connectivity index (χ2n) is 4.05. The minimum absolute atomic E-state index is 0.0230. The number of hydrogen-bond acceptors (Lipinski definition) is 4. The predicted molar refractivity (Wildman–Crippen MR) is 62.7 cm³/mol. The largest absolute Gasteiger partial charge is 0.461 e. The Morgan fingerprint density at radius 2 is 1.91 bits per heavy atom. The highest BCUT2D eigenvalue weighted by molar-refractivity contribution is 5.94. The smallest absolute Gasteiger partial charge is 0.419 e. The molecule has 5 nitrogen and oxygen atoms in total. The minimum atomic E-state index is -5.03. The minimum Gasteiger partial charge on any atom is -0.461 e. The van der Waals surface area contributed by atoms with Gasteiger partial charge < -0.3 is 4.74 Å². The maximum absolute atomic E-state index is 13.8. The molecule has 0 atom stereocenters. The second kappa shape index (κ2) is 5.70. The average Bonchev–Trinajstić information content (AvgIpc) is 2.86. The summed E-state index contributed by atoms with van der Waals surface area (Å²) in [6.07, 6.45) is -5.03. The number of carbonyl (C=O) groups is 1. The summed E-state index contributed by atoms with van der Waals surface area (Å²) in [5, 5.41) is 8.84. The van der Waals surface area contributed by atoms with Gasteiger partial charge in [0, 0.05) is 11.6 Å². The molecule has 0 fully saturated rings. The molecule has 10 heteroatoms. The van der Waals surface area contributed by atoms with E-state index in [-0.39, 0.29) is 18.7 Å². The molecule has 0 aliphatic heterocycles. The predicted octanol–water partition coefficient (Wildman–Crippen LogP) is 2.95. The Hall–Kier alpha value is -2.52. The summed E-state index contributed by atoms with van der Waals surface area (Å²) in [5.41, 5.74) is -3.39. The van der Waals surface area contributed by atoms with Gasteiger partial charge in [-0.1, -0.05) is 0 Å². The Kier molecular flexibility index (Phi) is 4.11. The highest BCUT2D eigenvalue weighted by Gasteiger charge is 2.36. The van der Waals surface area contributed by atoms with Crippen LogP contribution in [0.3, 0.4) is 0 Å². The standard InChI is InChI=1S/C12H8F5N3O2/c1-2-22-11(21)10-9(18-20-19-10)5-3-6(12(15,16)17)8(14)4-7(5)13/h3-4H,2H2,1H3,(H,18,19,20). The van der Waals surface area contributed by atoms with Crippen LogP contribution in [-0.2, 0) is 10.9 Å². The van der Waals surface area contributed by atoms with E-state index in [1.54, 1.807) is 0 Å². The second-order valence-corrected chi connectivity index (χ2v) is 4.05. The molecule has 1 aromatic carbocycles. The van der Waals surface area contributed by atoms with Gasteiger partial charge in [-0.05, 0) is 13.0 Å². The van der Waals surface area contributed by atoms with E-state index in [1.807, 2.05) is 5.21 Å². The zero-order valence-corrected chi connectivity index (χ0v) is 11.0. The summed E-state index contributed by atoms with van der Waals surface area (Å²) in [4.78, 5) is 11.6. The van der Waals surface area contributed by atoms with Crippen molar-refractivity contribution in [2.45, 2.75) is 13.1 Å². The first-order chi connectivity index (χ1) is 10.3. The first-order valence-electron chi connectivity index (χ1n) is 5.90. The zero-order valence-electron chi connectivity index (χ0n) is 11.0. The van der Waals surface area contributed by atoms with Crippen LogP contribution in [0.5, 0.6) is 0 Å². The monoisotopic (exact) mass is 321 g/mol. The molecule has 0 aliphatic carbocycles. The molecule has 1 heterocycles. The summed E-state index contributed by atoms with van der Waals surface area (Å²) in [7, 11) is 0. The van der Waals surface area contributed by atoms with Crippen LogP contribution in [0.25, 0.3) is 11.3 Å². The number of ether oxygens (including phenoxy) is 1. The van der Waals surface area contributed by atoms with Gasteiger partial charge in [-0.2, -0.15) is 23.5 Å². The van der Waals surface area contributed by atoms with Crippen molar-refractivity contribution in [3.05, 3.63) is 35.0 Å². The van der Waals surface area contributed by atoms with Crippen LogP contribution in [0.4, 0.5) is 22.0 Å². The molecule has 22 heavy (non-hydrogen) atoms. The summed E-state index contributed by atoms with van der Waals surface area (Å²) in [6, 6.07) is 0.299. The number of nitrogens with zero attached hydrogens (tertiary/aromatic N) is 2. The van der Waals surface area contributed by atoms with Gasteiger partial charge in [0.1, 0.15) is 17.3 Å². The average molecular weight is 321 g/mol. The molecule has 2 rings (SSSR count). The summed E-state index contributed by atoms with van der Waals surface area (Å²) in [6.45, 7) is 1.47. The number of aromatic nitrogens is 3. The molecule has 0 aliphatic rings. The summed E-state index contributed by atoms with van der Waals surface area (Å²) >= 11 is 0. The fraction of sp³-hybridized carbons (Fsp3) is 0.250. The van der Waals surface area contributed by atoms with Gasteiger partial charge in [0.2, 0.25) is 0 Å². The molecule has 1 aromatic heterocycles. The maximum atomic E-state index is 13.8. The van der Waals surface area contributed by atoms with Crippen molar-refractivity contribution in [3.8, 4) is 11.3 Å². The Bertz CT molecular complexity index is 711. The quantitative estimate of drug-likeness (QED) is 0.697. The molecule has 0 saturated heterocycles. The maximum Gasteiger partial charge on any atom is 0.419 e. The first-order valence-corrected chi connectivity index (χ1v) is 5.90. The van der Waals surface area contributed by atoms with E-state index in [2.05, 4.69) is 14.9 Å². The van der Waals surface area contributed by atoms with E-state index in [9.17, 15) is 26.7 Å². The number of halogens is 5. The Balaban J connectivity index is 2.59. The van der Waals surface area contributed by atoms with Gasteiger partial charge in [-0.15, -0.1) is 5.10 Å². The highest BCUT2D eigenvalue weighted by Crippen LogP contribution is 2.35. The summed E-state index contributed by atoms with van der Waals surface area (Å²) in [5.74, 6) is -4.08. The lowest BCUT2D eigenvalue weighted by molar-refractivity contribution is -0.140. The number of alkyl halides is 3. The Morgan fingerprint density at radius 3 is 2.50 bits per heavy atom. The molecule has 0 spiro atoms. The lowest BCUT2D eigenvalue weighted by atomic mass is 10.0. The normalized spacial score (nSPS) is 11.5. The third kappa shape index (κ3) is 2.90. The van der Waals surface area contributed by atoms with Crippen LogP contribution >= 0.6 is 0 Å². The van der Waals surface area contributed by atoms with E-state index < -0.39 is 46.3 Å². The summed E-state index contributed by atoms with van der Waals surface area (Å²) < 4.78 is 69.7. The number of benzene rings is 1. The van der Waals surface area contributed by atoms with Crippen molar-refractivity contribution in [3.63, 3.8) is 0 Å². The Morgan fingerprint density at radius 1 is 1.23 bits per heavy atom. The van der Waals surface area contributed by atoms with Crippen LogP contribution in [-0.4, -0.2) is 28.0 Å². The number of nitrogens with one attached hydrogen (secondary N) is 1. The fourth-order valence-electron chi connectivity index (χ4n) is 1.71. The topological polar surface area (TPSA) is 67.9 Å². The van der Waals surface area contributed by atoms with Crippen LogP contribution in [0.15, 0.2) is 12.1 Å². The van der Waals surface area contributed by atoms with E-state index in [0.717, 1.165) is 0 Å². The van der Waals surface area contributed by atoms with Gasteiger partial charge in [0.05, 0.1) is 12.2 Å². The number of aromatic amines is 1. The number of H-pyrrole nitrogens is 1. The number of hydrogen-bond donors (Lipinski definition) is 1. The van der Waals surface area contributed by atoms with E-state index in [1.165, 1.54) is 6.92 Å². The van der Waals surface area contributed by atoms with Gasteiger partial charge >= 0.3 is 12.1 Å². The number of rotatable bonds is 3. The van der Waals surface area contributed by atoms with E-state index in [0.29, 0.717) is 0 Å². The molecule has 0 saturated carbocycles. The van der Waals surface area contributed by atoms with Crippen molar-refractivity contribution in [2.24, 2.45) is 0 Å².